The molecule has 0 aromatic rings. The van der Waals surface area contributed by atoms with Crippen molar-refractivity contribution in [2.75, 3.05) is 81.8 Å². The van der Waals surface area contributed by atoms with Gasteiger partial charge in [0.05, 0.1) is 5.60 Å². The molecule has 25 heteroatoms. The van der Waals surface area contributed by atoms with E-state index in [-0.39, 0.29) is 37.5 Å². The quantitative estimate of drug-likeness (QED) is 0.171. The highest BCUT2D eigenvalue weighted by Gasteiger charge is 2.44. The van der Waals surface area contributed by atoms with Crippen molar-refractivity contribution in [3.05, 3.63) is 12.2 Å². The zero-order valence-corrected chi connectivity index (χ0v) is 50.4. The van der Waals surface area contributed by atoms with Gasteiger partial charge in [-0.05, 0) is 97.1 Å². The molecular weight excluding hydrogens is 1030 g/mol. The van der Waals surface area contributed by atoms with Gasteiger partial charge in [-0.25, -0.2) is 24.1 Å². The molecule has 2 rings (SSSR count). The SMILES string of the molecule is C/C=C/C[C@@H](C)C[C@H]1C(=O)N[C@@H](CC)C(=O)N(C)[C@H](SCCN2CCCC2)C(=O)N(C)[C@@H](CC(C)(C)OC)C(=O)NC(=O)N(C)C(=O)NC(=O)N[C@@H](C)C(=O)N(C)[C@@H](CC(C)C)C(=O)N(C)C(=O)N(C)[C@@H](C(C)C)C(=O)N1C. The number of hydrogen-bond donors (Lipinski definition) is 4. The Morgan fingerprint density at radius 3 is 1.77 bits per heavy atom. The minimum atomic E-state index is -1.45. The lowest BCUT2D eigenvalue weighted by atomic mass is 9.94. The van der Waals surface area contributed by atoms with E-state index >= 15 is 0 Å². The number of imide groups is 4. The molecule has 2 heterocycles. The first-order chi connectivity index (χ1) is 36.3. The van der Waals surface area contributed by atoms with Gasteiger partial charge < -0.3 is 44.8 Å². The third-order valence-electron chi connectivity index (χ3n) is 14.5. The maximum absolute atomic E-state index is 15.0. The Hall–Kier alpha value is -5.82. The summed E-state index contributed by atoms with van der Waals surface area (Å²) in [6.45, 7) is 19.4. The van der Waals surface area contributed by atoms with Crippen molar-refractivity contribution in [2.24, 2.45) is 17.8 Å². The van der Waals surface area contributed by atoms with Crippen LogP contribution >= 0.6 is 11.8 Å². The first-order valence-corrected chi connectivity index (χ1v) is 27.9. The summed E-state index contributed by atoms with van der Waals surface area (Å²) in [5, 5.41) is 8.01. The van der Waals surface area contributed by atoms with E-state index < -0.39 is 119 Å². The van der Waals surface area contributed by atoms with Crippen LogP contribution in [0.4, 0.5) is 19.2 Å². The standard InChI is InChI=1S/C53H92N12O12S/c1-19-21-24-34(7)30-37-41(66)55-36(20-2)44(69)62(15)48(78-28-27-65-25-22-23-26-65)47(72)60(13)39(31-53(9,10)77-18)42(67)56-50(74)64(17)51(75)57-49(73)54-35(8)43(68)59(12)38(29-32(3)4)45(70)63(16)52(76)61(14)40(33(5)6)46(71)58(37)11/h19,21,32-40,48H,20,22-31H2,1-18H3,(H,55,66)(H,56,67,74)(H2,54,57,73,75)/b21-19+/t34-,35+,36+,37+,38+,39+,40+,48-/m1/s1. The van der Waals surface area contributed by atoms with Crippen LogP contribution in [0.2, 0.25) is 0 Å². The smallest absolute Gasteiger partial charge is 0.333 e. The number of hydrogen-bond acceptors (Lipinski definition) is 14. The molecule has 0 saturated carbocycles. The maximum Gasteiger partial charge on any atom is 0.333 e. The van der Waals surface area contributed by atoms with Crippen LogP contribution in [-0.4, -0.2) is 234 Å². The number of methoxy groups -OCH3 is 1. The highest BCUT2D eigenvalue weighted by Crippen LogP contribution is 2.26. The van der Waals surface area contributed by atoms with Crippen LogP contribution < -0.4 is 21.3 Å². The second kappa shape index (κ2) is 31.1. The lowest BCUT2D eigenvalue weighted by Gasteiger charge is -2.39. The molecule has 8 atom stereocenters. The Bertz CT molecular complexity index is 2170. The Morgan fingerprint density at radius 2 is 1.23 bits per heavy atom. The molecule has 0 spiro atoms. The molecule has 2 saturated heterocycles. The molecule has 0 radical (unpaired) electrons. The first-order valence-electron chi connectivity index (χ1n) is 26.9. The van der Waals surface area contributed by atoms with Crippen LogP contribution in [0, 0.1) is 17.8 Å². The molecule has 78 heavy (non-hydrogen) atoms. The van der Waals surface area contributed by atoms with E-state index in [0.29, 0.717) is 23.6 Å². The van der Waals surface area contributed by atoms with E-state index in [1.165, 1.54) is 66.1 Å². The van der Waals surface area contributed by atoms with Gasteiger partial charge in [0.15, 0.2) is 5.37 Å². The van der Waals surface area contributed by atoms with Gasteiger partial charge in [0, 0.05) is 75.2 Å². The molecule has 4 N–H and O–H groups in total. The second-order valence-corrected chi connectivity index (χ2v) is 23.2. The minimum absolute atomic E-state index is 0.0598. The van der Waals surface area contributed by atoms with Crippen LogP contribution in [-0.2, 0) is 38.3 Å². The fourth-order valence-electron chi connectivity index (χ4n) is 9.29. The average molecular weight is 1120 g/mol. The largest absolute Gasteiger partial charge is 0.379 e. The minimum Gasteiger partial charge on any atom is -0.379 e. The van der Waals surface area contributed by atoms with Crippen molar-refractivity contribution < 1.29 is 57.5 Å². The molecule has 0 unspecified atom stereocenters. The van der Waals surface area contributed by atoms with E-state index in [1.54, 1.807) is 48.5 Å². The number of amides is 15. The van der Waals surface area contributed by atoms with E-state index in [9.17, 15) is 52.7 Å². The fraction of sp³-hybridized carbons (Fsp3) is 0.755. The van der Waals surface area contributed by atoms with Crippen LogP contribution in [0.5, 0.6) is 0 Å². The number of likely N-dealkylation sites (tertiary alicyclic amines) is 1. The third-order valence-corrected chi connectivity index (χ3v) is 15.7. The van der Waals surface area contributed by atoms with E-state index in [4.69, 9.17) is 4.74 Å². The number of thioether (sulfide) groups is 1. The molecule has 0 bridgehead atoms. The molecule has 0 aliphatic carbocycles. The Morgan fingerprint density at radius 1 is 0.667 bits per heavy atom. The van der Waals surface area contributed by atoms with Crippen molar-refractivity contribution in [2.45, 2.75) is 161 Å². The van der Waals surface area contributed by atoms with Crippen LogP contribution in [0.15, 0.2) is 12.2 Å². The van der Waals surface area contributed by atoms with Gasteiger partial charge in [-0.15, -0.1) is 11.8 Å². The van der Waals surface area contributed by atoms with Crippen LogP contribution in [0.3, 0.4) is 0 Å². The summed E-state index contributed by atoms with van der Waals surface area (Å²) < 4.78 is 5.65. The highest BCUT2D eigenvalue weighted by atomic mass is 32.2. The Labute approximate surface area is 466 Å². The van der Waals surface area contributed by atoms with Gasteiger partial charge in [-0.2, -0.15) is 0 Å². The van der Waals surface area contributed by atoms with Crippen molar-refractivity contribution in [1.29, 1.82) is 0 Å². The summed E-state index contributed by atoms with van der Waals surface area (Å²) in [6, 6.07) is -12.4. The monoisotopic (exact) mass is 1120 g/mol. The Kier molecular flexibility index (Phi) is 27.2. The summed E-state index contributed by atoms with van der Waals surface area (Å²) in [6.07, 6.45) is 6.46. The van der Waals surface area contributed by atoms with E-state index in [2.05, 4.69) is 20.9 Å². The van der Waals surface area contributed by atoms with Gasteiger partial charge in [0.1, 0.15) is 36.3 Å². The molecule has 24 nitrogen and oxygen atoms in total. The molecule has 0 aromatic carbocycles. The van der Waals surface area contributed by atoms with Gasteiger partial charge >= 0.3 is 24.1 Å². The van der Waals surface area contributed by atoms with Crippen molar-refractivity contribution in [3.63, 3.8) is 0 Å². The summed E-state index contributed by atoms with van der Waals surface area (Å²) >= 11 is 1.16. The van der Waals surface area contributed by atoms with Gasteiger partial charge in [-0.3, -0.25) is 49.1 Å². The molecule has 0 aromatic heterocycles. The number of carbonyl (C=O) groups excluding carboxylic acids is 11. The number of allylic oxidation sites excluding steroid dienone is 2. The summed E-state index contributed by atoms with van der Waals surface area (Å²) in [5.74, 6) is -5.81. The number of carbonyl (C=O) groups is 11. The summed E-state index contributed by atoms with van der Waals surface area (Å²) in [4.78, 5) is 166. The van der Waals surface area contributed by atoms with Gasteiger partial charge in [0.25, 0.3) is 17.7 Å². The molecule has 2 aliphatic rings. The van der Waals surface area contributed by atoms with Crippen molar-refractivity contribution in [1.82, 2.24) is 60.5 Å². The number of nitrogens with one attached hydrogen (secondary N) is 4. The lowest BCUT2D eigenvalue weighted by molar-refractivity contribution is -0.148. The normalized spacial score (nSPS) is 25.5. The predicted molar refractivity (Wildman–Crippen MR) is 297 cm³/mol. The first kappa shape index (κ1) is 68.3. The second-order valence-electron chi connectivity index (χ2n) is 22.0. The molecule has 442 valence electrons. The summed E-state index contributed by atoms with van der Waals surface area (Å²) in [5.41, 5.74) is -1.08. The Balaban J connectivity index is 2.91. The molecule has 2 fully saturated rings. The molecular formula is C53H92N12O12S. The van der Waals surface area contributed by atoms with Gasteiger partial charge in [-0.1, -0.05) is 53.7 Å². The van der Waals surface area contributed by atoms with Crippen molar-refractivity contribution >= 4 is 77.2 Å². The third kappa shape index (κ3) is 18.9. The highest BCUT2D eigenvalue weighted by molar-refractivity contribution is 8.00. The maximum atomic E-state index is 15.0. The number of nitrogens with zero attached hydrogens (tertiary/aromatic N) is 8. The van der Waals surface area contributed by atoms with Gasteiger partial charge in [0.2, 0.25) is 23.6 Å². The lowest BCUT2D eigenvalue weighted by Crippen LogP contribution is -2.61. The topological polar surface area (TPSA) is 271 Å². The van der Waals surface area contributed by atoms with Crippen molar-refractivity contribution in [3.8, 4) is 0 Å². The zero-order valence-electron chi connectivity index (χ0n) is 49.6. The predicted octanol–water partition coefficient (Wildman–Crippen LogP) is 3.35. The number of ether oxygens (including phenoxy) is 1. The van der Waals surface area contributed by atoms with E-state index in [1.807, 2.05) is 31.3 Å². The molecule has 15 amide bonds. The fourth-order valence-corrected chi connectivity index (χ4v) is 10.5. The number of urea groups is 4. The van der Waals surface area contributed by atoms with Crippen LogP contribution in [0.1, 0.15) is 114 Å². The van der Waals surface area contributed by atoms with E-state index in [0.717, 1.165) is 64.3 Å². The van der Waals surface area contributed by atoms with Crippen LogP contribution in [0.25, 0.3) is 0 Å². The number of rotatable bonds is 15. The molecule has 2 aliphatic heterocycles. The summed E-state index contributed by atoms with van der Waals surface area (Å²) in [7, 11) is 10.5. The zero-order chi connectivity index (χ0) is 59.7. The average Bonchev–Trinajstić information content (AvgIpc) is 3.91. The number of likely N-dealkylation sites (N-methyl/N-ethyl adjacent to an activating group) is 6.